The molecule has 1 unspecified atom stereocenters. The molecule has 3 heterocycles. The van der Waals surface area contributed by atoms with E-state index in [0.29, 0.717) is 6.42 Å². The number of pyridine rings is 1. The number of ether oxygens (including phenoxy) is 1. The van der Waals surface area contributed by atoms with Gasteiger partial charge in [0.05, 0.1) is 12.3 Å². The Morgan fingerprint density at radius 1 is 1.26 bits per heavy atom. The molecule has 14 heteroatoms. The van der Waals surface area contributed by atoms with Crippen molar-refractivity contribution in [1.82, 2.24) is 25.8 Å². The Hall–Kier alpha value is -3.89. The van der Waals surface area contributed by atoms with Crippen LogP contribution in [0.1, 0.15) is 47.5 Å². The Labute approximate surface area is 241 Å². The van der Waals surface area contributed by atoms with Crippen LogP contribution < -0.4 is 20.7 Å². The summed E-state index contributed by atoms with van der Waals surface area (Å²) < 4.78 is 45.3. The van der Waals surface area contributed by atoms with Crippen LogP contribution in [-0.4, -0.2) is 76.0 Å². The quantitative estimate of drug-likeness (QED) is 0.395. The molecule has 1 aromatic rings. The summed E-state index contributed by atoms with van der Waals surface area (Å²) in [5, 5.41) is 17.0. The number of rotatable bonds is 9. The van der Waals surface area contributed by atoms with Gasteiger partial charge < -0.3 is 25.6 Å². The zero-order valence-electron chi connectivity index (χ0n) is 24.0. The van der Waals surface area contributed by atoms with Crippen molar-refractivity contribution in [3.05, 3.63) is 24.5 Å². The first-order chi connectivity index (χ1) is 19.5. The Balaban J connectivity index is 1.55. The van der Waals surface area contributed by atoms with Crippen molar-refractivity contribution in [2.45, 2.75) is 83.4 Å². The molecule has 228 valence electrons. The van der Waals surface area contributed by atoms with Crippen molar-refractivity contribution in [2.24, 2.45) is 23.2 Å². The molecule has 1 aliphatic carbocycles. The first-order valence-electron chi connectivity index (χ1n) is 13.7. The minimum atomic E-state index is -5.26. The van der Waals surface area contributed by atoms with E-state index in [1.165, 1.54) is 36.4 Å². The summed E-state index contributed by atoms with van der Waals surface area (Å²) in [7, 11) is 0. The van der Waals surface area contributed by atoms with E-state index >= 15 is 0 Å². The molecule has 1 aromatic heterocycles. The summed E-state index contributed by atoms with van der Waals surface area (Å²) in [6, 6.07) is 1.12. The van der Waals surface area contributed by atoms with Crippen LogP contribution in [0.5, 0.6) is 5.75 Å². The number of piperidine rings is 1. The summed E-state index contributed by atoms with van der Waals surface area (Å²) in [6.45, 7) is 8.97. The number of nitriles is 1. The predicted molar refractivity (Wildman–Crippen MR) is 141 cm³/mol. The highest BCUT2D eigenvalue weighted by atomic mass is 19.4. The average Bonchev–Trinajstić information content (AvgIpc) is 3.18. The molecule has 3 N–H and O–H groups in total. The molecule has 11 nitrogen and oxygen atoms in total. The maximum absolute atomic E-state index is 13.8. The van der Waals surface area contributed by atoms with E-state index in [2.05, 4.69) is 15.6 Å². The molecule has 42 heavy (non-hydrogen) atoms. The second-order valence-corrected chi connectivity index (χ2v) is 12.5. The molecule has 0 spiro atoms. The molecule has 4 rings (SSSR count). The summed E-state index contributed by atoms with van der Waals surface area (Å²) in [5.74, 6) is -4.87. The second kappa shape index (κ2) is 11.1. The van der Waals surface area contributed by atoms with Crippen molar-refractivity contribution in [1.29, 1.82) is 5.26 Å². The lowest BCUT2D eigenvalue weighted by molar-refractivity contribution is -0.176. The van der Waals surface area contributed by atoms with Crippen molar-refractivity contribution < 1.29 is 37.1 Å². The maximum Gasteiger partial charge on any atom is 0.471 e. The Kier molecular flexibility index (Phi) is 8.19. The molecule has 3 aliphatic rings. The molecule has 0 bridgehead atoms. The first kappa shape index (κ1) is 31.1. The van der Waals surface area contributed by atoms with Gasteiger partial charge in [-0.25, -0.2) is 0 Å². The van der Waals surface area contributed by atoms with Crippen molar-refractivity contribution in [3.63, 3.8) is 0 Å². The van der Waals surface area contributed by atoms with E-state index in [-0.39, 0.29) is 41.9 Å². The Morgan fingerprint density at radius 2 is 1.95 bits per heavy atom. The van der Waals surface area contributed by atoms with Gasteiger partial charge in [0.1, 0.15) is 30.0 Å². The van der Waals surface area contributed by atoms with Gasteiger partial charge in [0.2, 0.25) is 17.7 Å². The number of fused-ring (bicyclic) bond motifs is 1. The van der Waals surface area contributed by atoms with Crippen LogP contribution in [0.2, 0.25) is 0 Å². The first-order valence-corrected chi connectivity index (χ1v) is 13.7. The van der Waals surface area contributed by atoms with Gasteiger partial charge in [-0.1, -0.05) is 13.8 Å². The van der Waals surface area contributed by atoms with Crippen LogP contribution in [0, 0.1) is 34.5 Å². The van der Waals surface area contributed by atoms with E-state index in [1.54, 1.807) is 5.32 Å². The summed E-state index contributed by atoms with van der Waals surface area (Å²) in [6.07, 6.45) is -3.23. The highest BCUT2D eigenvalue weighted by Gasteiger charge is 2.70. The molecule has 2 saturated heterocycles. The number of carbonyl (C=O) groups excluding carboxylic acids is 4. The number of nitrogens with one attached hydrogen (secondary N) is 3. The van der Waals surface area contributed by atoms with Gasteiger partial charge >= 0.3 is 12.1 Å². The number of amides is 4. The molecular formula is C28H35F3N6O5. The number of halogens is 3. The van der Waals surface area contributed by atoms with Crippen LogP contribution in [-0.2, 0) is 19.2 Å². The van der Waals surface area contributed by atoms with Gasteiger partial charge in [-0.2, -0.15) is 18.4 Å². The molecule has 3 fully saturated rings. The minimum absolute atomic E-state index is 0.0654. The SMILES string of the molecule is C[C@@H](Oc1cccnc1)[C@H](NC(=O)C(F)(F)F)C(=O)N1CC2[C@@H]([C@H]1C(=O)N[C@H](C#N)C[C@@H]1CC(C)(C)NC1=O)C2(C)C. The highest BCUT2D eigenvalue weighted by Crippen LogP contribution is 2.65. The number of alkyl halides is 3. The van der Waals surface area contributed by atoms with Gasteiger partial charge in [0.25, 0.3) is 0 Å². The topological polar surface area (TPSA) is 154 Å². The van der Waals surface area contributed by atoms with Gasteiger partial charge in [-0.3, -0.25) is 24.2 Å². The van der Waals surface area contributed by atoms with Gasteiger partial charge in [-0.05, 0) is 63.0 Å². The number of hydrogen-bond acceptors (Lipinski definition) is 7. The molecule has 7 atom stereocenters. The van der Waals surface area contributed by atoms with Crippen LogP contribution >= 0.6 is 0 Å². The molecule has 0 aromatic carbocycles. The fourth-order valence-electron chi connectivity index (χ4n) is 6.37. The lowest BCUT2D eigenvalue weighted by atomic mass is 9.91. The van der Waals surface area contributed by atoms with E-state index in [0.717, 1.165) is 0 Å². The molecule has 0 radical (unpaired) electrons. The molecule has 4 amide bonds. The lowest BCUT2D eigenvalue weighted by Crippen LogP contribution is -2.61. The van der Waals surface area contributed by atoms with E-state index in [4.69, 9.17) is 4.74 Å². The van der Waals surface area contributed by atoms with Crippen molar-refractivity contribution in [2.75, 3.05) is 6.54 Å². The molecule has 1 saturated carbocycles. The largest absolute Gasteiger partial charge is 0.486 e. The van der Waals surface area contributed by atoms with Crippen molar-refractivity contribution in [3.8, 4) is 11.8 Å². The highest BCUT2D eigenvalue weighted by molar-refractivity contribution is 5.95. The van der Waals surface area contributed by atoms with Crippen LogP contribution in [0.15, 0.2) is 24.5 Å². The Morgan fingerprint density at radius 3 is 2.50 bits per heavy atom. The number of aromatic nitrogens is 1. The number of hydrogen-bond donors (Lipinski definition) is 3. The predicted octanol–water partition coefficient (Wildman–Crippen LogP) is 1.69. The normalized spacial score (nSPS) is 27.5. The number of nitrogens with zero attached hydrogens (tertiary/aromatic N) is 3. The zero-order valence-corrected chi connectivity index (χ0v) is 24.0. The third kappa shape index (κ3) is 6.29. The van der Waals surface area contributed by atoms with Crippen molar-refractivity contribution >= 4 is 23.6 Å². The summed E-state index contributed by atoms with van der Waals surface area (Å²) in [5.41, 5.74) is -0.783. The van der Waals surface area contributed by atoms with Gasteiger partial charge in [-0.15, -0.1) is 0 Å². The van der Waals surface area contributed by atoms with Gasteiger partial charge in [0, 0.05) is 24.2 Å². The lowest BCUT2D eigenvalue weighted by Gasteiger charge is -2.35. The van der Waals surface area contributed by atoms with Crippen LogP contribution in [0.3, 0.4) is 0 Å². The fraction of sp³-hybridized carbons (Fsp3) is 0.643. The average molecular weight is 593 g/mol. The molecule has 2 aliphatic heterocycles. The Bertz CT molecular complexity index is 1280. The molecular weight excluding hydrogens is 557 g/mol. The van der Waals surface area contributed by atoms with Crippen LogP contribution in [0.4, 0.5) is 13.2 Å². The monoisotopic (exact) mass is 592 g/mol. The number of carbonyl (C=O) groups is 4. The van der Waals surface area contributed by atoms with E-state index in [1.807, 2.05) is 33.8 Å². The van der Waals surface area contributed by atoms with E-state index in [9.17, 15) is 37.6 Å². The third-order valence-corrected chi connectivity index (χ3v) is 8.58. The van der Waals surface area contributed by atoms with Gasteiger partial charge in [0.15, 0.2) is 0 Å². The smallest absolute Gasteiger partial charge is 0.471 e. The fourth-order valence-corrected chi connectivity index (χ4v) is 6.37. The summed E-state index contributed by atoms with van der Waals surface area (Å²) >= 11 is 0. The zero-order chi connectivity index (χ0) is 31.2. The van der Waals surface area contributed by atoms with E-state index < -0.39 is 59.6 Å². The van der Waals surface area contributed by atoms with Crippen LogP contribution in [0.25, 0.3) is 0 Å². The number of likely N-dealkylation sites (tertiary alicyclic amines) is 1. The second-order valence-electron chi connectivity index (χ2n) is 12.5. The minimum Gasteiger partial charge on any atom is -0.486 e. The standard InChI is InChI=1S/C28H35F3N6O5/c1-14(42-17-7-6-8-33-12-17)20(35-25(41)28(29,30)31)24(40)37-13-18-19(27(18,4)5)21(37)23(39)34-16(11-32)9-15-10-26(2,3)36-22(15)38/h6-8,12,14-16,18-21H,9-10,13H2,1-5H3,(H,34,39)(H,35,41)(H,36,38)/t14-,15-,16+,18?,19+,20+,21+/m1/s1. The summed E-state index contributed by atoms with van der Waals surface area (Å²) in [4.78, 5) is 56.8. The maximum atomic E-state index is 13.8. The third-order valence-electron chi connectivity index (χ3n) is 8.58.